The van der Waals surface area contributed by atoms with Crippen LogP contribution in [-0.4, -0.2) is 57.7 Å². The number of carboxylic acids is 1. The molecule has 6 nitrogen and oxygen atoms in total. The van der Waals surface area contributed by atoms with Gasteiger partial charge in [0.1, 0.15) is 12.2 Å². The molecule has 0 unspecified atom stereocenters. The molecule has 0 fully saturated rings. The summed E-state index contributed by atoms with van der Waals surface area (Å²) in [7, 11) is 0. The highest BCUT2D eigenvalue weighted by Gasteiger charge is 2.19. The highest BCUT2D eigenvalue weighted by Crippen LogP contribution is 2.05. The molecule has 1 aromatic rings. The van der Waals surface area contributed by atoms with E-state index in [2.05, 4.69) is 0 Å². The van der Waals surface area contributed by atoms with Gasteiger partial charge in [0, 0.05) is 12.7 Å². The Kier molecular flexibility index (Phi) is 5.43. The Labute approximate surface area is 107 Å². The summed E-state index contributed by atoms with van der Waals surface area (Å²) in [4.78, 5) is 23.4. The molecule has 0 saturated heterocycles. The average molecular weight is 276 g/mol. The molecule has 1 rings (SSSR count). The van der Waals surface area contributed by atoms with Gasteiger partial charge in [-0.3, -0.25) is 4.79 Å². The monoisotopic (exact) mass is 276 g/mol. The predicted octanol–water partition coefficient (Wildman–Crippen LogP) is 0.272. The van der Waals surface area contributed by atoms with E-state index in [-0.39, 0.29) is 18.8 Å². The number of aliphatic hydroxyl groups is 1. The molecule has 0 radical (unpaired) electrons. The van der Waals surface area contributed by atoms with Crippen LogP contribution in [0.15, 0.2) is 18.3 Å². The van der Waals surface area contributed by atoms with Gasteiger partial charge in [-0.15, -0.1) is 0 Å². The quantitative estimate of drug-likeness (QED) is 0.749. The molecule has 0 atom stereocenters. The van der Waals surface area contributed by atoms with Gasteiger partial charge in [0.15, 0.2) is 0 Å². The molecular weight excluding hydrogens is 262 g/mol. The molecule has 0 aliphatic rings. The first kappa shape index (κ1) is 15.1. The minimum atomic E-state index is -2.71. The number of alkyl halides is 2. The Bertz CT molecular complexity index is 448. The predicted molar refractivity (Wildman–Crippen MR) is 61.1 cm³/mol. The number of aliphatic hydroxyl groups excluding tert-OH is 1. The molecule has 0 aliphatic heterocycles. The SMILES string of the molecule is O=C(O)c1cccn1CC(=O)N(CCO)CC(F)F. The van der Waals surface area contributed by atoms with Crippen molar-refractivity contribution in [3.63, 3.8) is 0 Å². The minimum Gasteiger partial charge on any atom is -0.477 e. The van der Waals surface area contributed by atoms with E-state index in [0.29, 0.717) is 0 Å². The maximum absolute atomic E-state index is 12.3. The molecule has 0 spiro atoms. The second-order valence-corrected chi connectivity index (χ2v) is 3.78. The third-order valence-electron chi connectivity index (χ3n) is 2.44. The molecule has 2 N–H and O–H groups in total. The first-order valence-corrected chi connectivity index (χ1v) is 5.51. The largest absolute Gasteiger partial charge is 0.477 e. The number of carboxylic acid groups (broad SMARTS) is 1. The maximum Gasteiger partial charge on any atom is 0.352 e. The highest BCUT2D eigenvalue weighted by atomic mass is 19.3. The second-order valence-electron chi connectivity index (χ2n) is 3.78. The zero-order chi connectivity index (χ0) is 14.4. The van der Waals surface area contributed by atoms with Crippen molar-refractivity contribution in [1.29, 1.82) is 0 Å². The van der Waals surface area contributed by atoms with Gasteiger partial charge in [0.25, 0.3) is 6.43 Å². The summed E-state index contributed by atoms with van der Waals surface area (Å²) >= 11 is 0. The minimum absolute atomic E-state index is 0.102. The van der Waals surface area contributed by atoms with Crippen molar-refractivity contribution in [2.75, 3.05) is 19.7 Å². The number of hydrogen-bond donors (Lipinski definition) is 2. The molecule has 0 saturated carbocycles. The van der Waals surface area contributed by atoms with Gasteiger partial charge in [-0.1, -0.05) is 0 Å². The zero-order valence-electron chi connectivity index (χ0n) is 10.00. The van der Waals surface area contributed by atoms with Crippen molar-refractivity contribution in [1.82, 2.24) is 9.47 Å². The van der Waals surface area contributed by atoms with Crippen molar-refractivity contribution < 1.29 is 28.6 Å². The van der Waals surface area contributed by atoms with Crippen molar-refractivity contribution >= 4 is 11.9 Å². The lowest BCUT2D eigenvalue weighted by atomic mass is 10.4. The average Bonchev–Trinajstić information content (AvgIpc) is 2.76. The first-order chi connectivity index (χ1) is 8.95. The van der Waals surface area contributed by atoms with Crippen LogP contribution in [-0.2, 0) is 11.3 Å². The van der Waals surface area contributed by atoms with Gasteiger partial charge in [0.05, 0.1) is 13.2 Å². The van der Waals surface area contributed by atoms with E-state index in [0.717, 1.165) is 9.47 Å². The van der Waals surface area contributed by atoms with Gasteiger partial charge in [-0.2, -0.15) is 0 Å². The van der Waals surface area contributed by atoms with Crippen LogP contribution in [0.1, 0.15) is 10.5 Å². The Morgan fingerprint density at radius 3 is 2.63 bits per heavy atom. The number of hydrogen-bond acceptors (Lipinski definition) is 3. The fraction of sp³-hybridized carbons (Fsp3) is 0.455. The molecule has 0 aromatic carbocycles. The summed E-state index contributed by atoms with van der Waals surface area (Å²) in [5.74, 6) is -1.88. The first-order valence-electron chi connectivity index (χ1n) is 5.51. The van der Waals surface area contributed by atoms with Crippen LogP contribution < -0.4 is 0 Å². The number of nitrogens with zero attached hydrogens (tertiary/aromatic N) is 2. The molecule has 1 heterocycles. The van der Waals surface area contributed by atoms with E-state index < -0.39 is 31.5 Å². The molecule has 1 aromatic heterocycles. The Hall–Kier alpha value is -1.96. The van der Waals surface area contributed by atoms with Crippen molar-refractivity contribution in [2.24, 2.45) is 0 Å². The number of aromatic carboxylic acids is 1. The number of rotatable bonds is 7. The van der Waals surface area contributed by atoms with Gasteiger partial charge in [-0.25, -0.2) is 13.6 Å². The van der Waals surface area contributed by atoms with Crippen molar-refractivity contribution in [3.8, 4) is 0 Å². The molecule has 0 bridgehead atoms. The van der Waals surface area contributed by atoms with Crippen LogP contribution >= 0.6 is 0 Å². The van der Waals surface area contributed by atoms with E-state index in [1.54, 1.807) is 0 Å². The molecule has 106 valence electrons. The van der Waals surface area contributed by atoms with Crippen molar-refractivity contribution in [2.45, 2.75) is 13.0 Å². The van der Waals surface area contributed by atoms with Gasteiger partial charge < -0.3 is 19.7 Å². The number of carbonyl (C=O) groups excluding carboxylic acids is 1. The zero-order valence-corrected chi connectivity index (χ0v) is 10.00. The van der Waals surface area contributed by atoms with E-state index in [4.69, 9.17) is 10.2 Å². The highest BCUT2D eigenvalue weighted by molar-refractivity contribution is 5.86. The van der Waals surface area contributed by atoms with E-state index in [9.17, 15) is 18.4 Å². The van der Waals surface area contributed by atoms with Gasteiger partial charge in [-0.05, 0) is 12.1 Å². The topological polar surface area (TPSA) is 82.8 Å². The number of aromatic nitrogens is 1. The standard InChI is InChI=1S/C11H14F2N2O4/c12-9(13)6-15(4-5-16)10(17)7-14-3-1-2-8(14)11(18)19/h1-3,9,16H,4-7H2,(H,18,19). The Balaban J connectivity index is 2.75. The van der Waals surface area contributed by atoms with Crippen LogP contribution in [0, 0.1) is 0 Å². The van der Waals surface area contributed by atoms with Gasteiger partial charge in [0.2, 0.25) is 5.91 Å². The molecule has 0 aliphatic carbocycles. The normalized spacial score (nSPS) is 10.7. The number of amides is 1. The van der Waals surface area contributed by atoms with E-state index >= 15 is 0 Å². The third-order valence-corrected chi connectivity index (χ3v) is 2.44. The number of carbonyl (C=O) groups is 2. The van der Waals surface area contributed by atoms with Crippen molar-refractivity contribution in [3.05, 3.63) is 24.0 Å². The summed E-state index contributed by atoms with van der Waals surface area (Å²) < 4.78 is 25.7. The third kappa shape index (κ3) is 4.32. The molecule has 8 heteroatoms. The fourth-order valence-corrected chi connectivity index (χ4v) is 1.60. The van der Waals surface area contributed by atoms with Crippen LogP contribution in [0.3, 0.4) is 0 Å². The van der Waals surface area contributed by atoms with Crippen LogP contribution in [0.25, 0.3) is 0 Å². The summed E-state index contributed by atoms with van der Waals surface area (Å²) in [6.07, 6.45) is -1.33. The Morgan fingerprint density at radius 2 is 2.11 bits per heavy atom. The lowest BCUT2D eigenvalue weighted by molar-refractivity contribution is -0.134. The lowest BCUT2D eigenvalue weighted by Gasteiger charge is -2.21. The van der Waals surface area contributed by atoms with E-state index in [1.807, 2.05) is 0 Å². The lowest BCUT2D eigenvalue weighted by Crippen LogP contribution is -2.39. The van der Waals surface area contributed by atoms with Crippen LogP contribution in [0.5, 0.6) is 0 Å². The summed E-state index contributed by atoms with van der Waals surface area (Å²) in [5, 5.41) is 17.6. The summed E-state index contributed by atoms with van der Waals surface area (Å²) in [6.45, 7) is -1.80. The van der Waals surface area contributed by atoms with Crippen LogP contribution in [0.4, 0.5) is 8.78 Å². The molecule has 19 heavy (non-hydrogen) atoms. The van der Waals surface area contributed by atoms with E-state index in [1.165, 1.54) is 18.3 Å². The fourth-order valence-electron chi connectivity index (χ4n) is 1.60. The van der Waals surface area contributed by atoms with Crippen LogP contribution in [0.2, 0.25) is 0 Å². The number of halogens is 2. The second kappa shape index (κ2) is 6.83. The summed E-state index contributed by atoms with van der Waals surface area (Å²) in [5.41, 5.74) is -0.102. The molecule has 1 amide bonds. The van der Waals surface area contributed by atoms with Gasteiger partial charge >= 0.3 is 5.97 Å². The maximum atomic E-state index is 12.3. The smallest absolute Gasteiger partial charge is 0.352 e. The molecular formula is C11H14F2N2O4. The summed E-state index contributed by atoms with van der Waals surface area (Å²) in [6, 6.07) is 2.75. The Morgan fingerprint density at radius 1 is 1.42 bits per heavy atom.